The minimum absolute atomic E-state index is 0.394. The number of hydrogen-bond acceptors (Lipinski definition) is 6. The summed E-state index contributed by atoms with van der Waals surface area (Å²) in [6, 6.07) is 17.8. The van der Waals surface area contributed by atoms with Crippen molar-refractivity contribution in [3.63, 3.8) is 0 Å². The third kappa shape index (κ3) is 3.59. The number of nitrogens with one attached hydrogen (secondary N) is 1. The fraction of sp³-hybridized carbons (Fsp3) is 0.0952. The molecule has 6 nitrogen and oxygen atoms in total. The summed E-state index contributed by atoms with van der Waals surface area (Å²) < 4.78 is 10.8. The van der Waals surface area contributed by atoms with Crippen LogP contribution in [0.25, 0.3) is 10.4 Å². The number of para-hydroxylation sites is 1. The summed E-state index contributed by atoms with van der Waals surface area (Å²) in [5.74, 6) is -0.210. The summed E-state index contributed by atoms with van der Waals surface area (Å²) in [7, 11) is 0. The summed E-state index contributed by atoms with van der Waals surface area (Å²) in [6.07, 6.45) is 0. The van der Waals surface area contributed by atoms with Crippen LogP contribution in [0.3, 0.4) is 0 Å². The molecular weight excluding hydrogens is 376 g/mol. The zero-order chi connectivity index (χ0) is 19.5. The fourth-order valence-electron chi connectivity index (χ4n) is 2.83. The van der Waals surface area contributed by atoms with Gasteiger partial charge in [0.15, 0.2) is 6.61 Å². The lowest BCUT2D eigenvalue weighted by Gasteiger charge is -2.16. The van der Waals surface area contributed by atoms with Crippen LogP contribution in [0.2, 0.25) is 0 Å². The van der Waals surface area contributed by atoms with Crippen molar-refractivity contribution in [3.05, 3.63) is 70.6 Å². The number of carbonyl (C=O) groups is 2. The molecule has 1 amide bonds. The van der Waals surface area contributed by atoms with Crippen molar-refractivity contribution in [2.24, 2.45) is 0 Å². The molecular formula is C21H14N2O4S. The Hall–Kier alpha value is -3.63. The van der Waals surface area contributed by atoms with Gasteiger partial charge in [-0.2, -0.15) is 5.26 Å². The third-order valence-corrected chi connectivity index (χ3v) is 5.35. The summed E-state index contributed by atoms with van der Waals surface area (Å²) in [5, 5.41) is 11.4. The predicted octanol–water partition coefficient (Wildman–Crippen LogP) is 3.97. The van der Waals surface area contributed by atoms with Crippen molar-refractivity contribution < 1.29 is 19.1 Å². The summed E-state index contributed by atoms with van der Waals surface area (Å²) in [6.45, 7) is 0.00376. The molecule has 1 aliphatic rings. The number of thiophene rings is 1. The van der Waals surface area contributed by atoms with E-state index in [-0.39, 0.29) is 0 Å². The molecule has 1 aliphatic heterocycles. The van der Waals surface area contributed by atoms with E-state index in [4.69, 9.17) is 14.7 Å². The van der Waals surface area contributed by atoms with Crippen molar-refractivity contribution in [1.82, 2.24) is 0 Å². The maximum Gasteiger partial charge on any atom is 0.348 e. The Bertz CT molecular complexity index is 1100. The maximum absolute atomic E-state index is 12.3. The van der Waals surface area contributed by atoms with Gasteiger partial charge >= 0.3 is 5.97 Å². The minimum Gasteiger partial charge on any atom is -0.488 e. The van der Waals surface area contributed by atoms with E-state index in [1.165, 1.54) is 11.3 Å². The van der Waals surface area contributed by atoms with E-state index >= 15 is 0 Å². The zero-order valence-electron chi connectivity index (χ0n) is 14.6. The molecule has 4 rings (SSSR count). The Labute approximate surface area is 164 Å². The second kappa shape index (κ2) is 7.55. The first-order valence-corrected chi connectivity index (χ1v) is 9.28. The maximum atomic E-state index is 12.3. The number of anilines is 1. The molecule has 0 radical (unpaired) electrons. The van der Waals surface area contributed by atoms with Crippen LogP contribution in [0.5, 0.6) is 5.75 Å². The van der Waals surface area contributed by atoms with Crippen LogP contribution < -0.4 is 10.1 Å². The van der Waals surface area contributed by atoms with Gasteiger partial charge in [0.25, 0.3) is 5.91 Å². The van der Waals surface area contributed by atoms with Gasteiger partial charge in [-0.05, 0) is 42.5 Å². The Morgan fingerprint density at radius 2 is 1.96 bits per heavy atom. The number of amides is 1. The quantitative estimate of drug-likeness (QED) is 0.681. The van der Waals surface area contributed by atoms with Crippen molar-refractivity contribution in [1.29, 1.82) is 5.26 Å². The highest BCUT2D eigenvalue weighted by atomic mass is 32.1. The summed E-state index contributed by atoms with van der Waals surface area (Å²) in [4.78, 5) is 25.7. The fourth-order valence-corrected chi connectivity index (χ4v) is 3.92. The second-order valence-electron chi connectivity index (χ2n) is 6.06. The first kappa shape index (κ1) is 17.8. The molecule has 2 aromatic carbocycles. The molecule has 2 heterocycles. The number of carbonyl (C=O) groups excluding carboxylic acids is 2. The van der Waals surface area contributed by atoms with Crippen LogP contribution in [-0.2, 0) is 16.1 Å². The van der Waals surface area contributed by atoms with Gasteiger partial charge in [0.1, 0.15) is 17.2 Å². The molecule has 3 aromatic rings. The van der Waals surface area contributed by atoms with Gasteiger partial charge in [0.2, 0.25) is 0 Å². The van der Waals surface area contributed by atoms with E-state index < -0.39 is 18.5 Å². The van der Waals surface area contributed by atoms with Gasteiger partial charge in [0, 0.05) is 21.7 Å². The largest absolute Gasteiger partial charge is 0.488 e. The SMILES string of the molecule is N#Cc1ccc(NC(=O)COC(=O)c2cc3c(s2)-c2ccccc2OC3)cc1. The molecule has 0 aliphatic carbocycles. The zero-order valence-corrected chi connectivity index (χ0v) is 15.4. The lowest BCUT2D eigenvalue weighted by molar-refractivity contribution is -0.119. The van der Waals surface area contributed by atoms with E-state index in [0.29, 0.717) is 22.7 Å². The van der Waals surface area contributed by atoms with Crippen molar-refractivity contribution in [3.8, 4) is 22.3 Å². The third-order valence-electron chi connectivity index (χ3n) is 4.16. The molecule has 1 aromatic heterocycles. The Kier molecular flexibility index (Phi) is 4.79. The molecule has 7 heteroatoms. The average molecular weight is 390 g/mol. The van der Waals surface area contributed by atoms with Crippen LogP contribution in [-0.4, -0.2) is 18.5 Å². The number of nitriles is 1. The molecule has 0 atom stereocenters. The number of benzene rings is 2. The van der Waals surface area contributed by atoms with E-state index in [9.17, 15) is 9.59 Å². The van der Waals surface area contributed by atoms with Crippen LogP contribution >= 0.6 is 11.3 Å². The Balaban J connectivity index is 1.39. The number of nitrogens with zero attached hydrogens (tertiary/aromatic N) is 1. The van der Waals surface area contributed by atoms with Crippen LogP contribution in [0.1, 0.15) is 20.8 Å². The standard InChI is InChI=1S/C21H14N2O4S/c22-10-13-5-7-15(8-6-13)23-19(24)12-27-21(25)18-9-14-11-26-17-4-2-1-3-16(17)20(14)28-18/h1-9H,11-12H2,(H,23,24). The molecule has 0 bridgehead atoms. The summed E-state index contributed by atoms with van der Waals surface area (Å²) >= 11 is 1.33. The molecule has 0 unspecified atom stereocenters. The normalized spacial score (nSPS) is 11.4. The van der Waals surface area contributed by atoms with Gasteiger partial charge < -0.3 is 14.8 Å². The van der Waals surface area contributed by atoms with Gasteiger partial charge in [-0.15, -0.1) is 11.3 Å². The molecule has 0 fully saturated rings. The molecule has 1 N–H and O–H groups in total. The molecule has 28 heavy (non-hydrogen) atoms. The van der Waals surface area contributed by atoms with E-state index in [1.54, 1.807) is 30.3 Å². The first-order valence-electron chi connectivity index (χ1n) is 8.46. The smallest absolute Gasteiger partial charge is 0.348 e. The summed E-state index contributed by atoms with van der Waals surface area (Å²) in [5.41, 5.74) is 2.90. The topological polar surface area (TPSA) is 88.4 Å². The predicted molar refractivity (Wildman–Crippen MR) is 104 cm³/mol. The monoisotopic (exact) mass is 390 g/mol. The minimum atomic E-state index is -0.549. The number of rotatable bonds is 4. The number of ether oxygens (including phenoxy) is 2. The van der Waals surface area contributed by atoms with Gasteiger partial charge in [0.05, 0.1) is 11.6 Å². The van der Waals surface area contributed by atoms with E-state index in [1.807, 2.05) is 30.3 Å². The number of esters is 1. The lowest BCUT2D eigenvalue weighted by atomic mass is 10.1. The Morgan fingerprint density at radius 1 is 1.18 bits per heavy atom. The highest BCUT2D eigenvalue weighted by Gasteiger charge is 2.23. The van der Waals surface area contributed by atoms with E-state index in [2.05, 4.69) is 5.32 Å². The molecule has 0 spiro atoms. The van der Waals surface area contributed by atoms with Gasteiger partial charge in [-0.3, -0.25) is 4.79 Å². The van der Waals surface area contributed by atoms with Crippen LogP contribution in [0.4, 0.5) is 5.69 Å². The highest BCUT2D eigenvalue weighted by molar-refractivity contribution is 7.17. The van der Waals surface area contributed by atoms with Crippen molar-refractivity contribution >= 4 is 28.9 Å². The van der Waals surface area contributed by atoms with Crippen molar-refractivity contribution in [2.75, 3.05) is 11.9 Å². The Morgan fingerprint density at radius 3 is 2.75 bits per heavy atom. The lowest BCUT2D eigenvalue weighted by Crippen LogP contribution is -2.20. The number of fused-ring (bicyclic) bond motifs is 3. The molecule has 138 valence electrons. The number of hydrogen-bond donors (Lipinski definition) is 1. The molecule has 0 saturated heterocycles. The van der Waals surface area contributed by atoms with E-state index in [0.717, 1.165) is 21.8 Å². The molecule has 0 saturated carbocycles. The van der Waals surface area contributed by atoms with Crippen LogP contribution in [0, 0.1) is 11.3 Å². The highest BCUT2D eigenvalue weighted by Crippen LogP contribution is 2.42. The van der Waals surface area contributed by atoms with Crippen molar-refractivity contribution in [2.45, 2.75) is 6.61 Å². The van der Waals surface area contributed by atoms with Gasteiger partial charge in [-0.25, -0.2) is 4.79 Å². The van der Waals surface area contributed by atoms with Gasteiger partial charge in [-0.1, -0.05) is 12.1 Å². The average Bonchev–Trinajstić information content (AvgIpc) is 3.17. The second-order valence-corrected chi connectivity index (χ2v) is 7.12. The first-order chi connectivity index (χ1) is 13.6. The van der Waals surface area contributed by atoms with Crippen LogP contribution in [0.15, 0.2) is 54.6 Å².